The SMILES string of the molecule is CCCCCCCC(=O)c1ccnn1C. The molecule has 0 aliphatic rings. The summed E-state index contributed by atoms with van der Waals surface area (Å²) in [4.78, 5) is 11.7. The van der Waals surface area contributed by atoms with Crippen LogP contribution in [-0.4, -0.2) is 15.6 Å². The Labute approximate surface area is 91.5 Å². The van der Waals surface area contributed by atoms with Crippen molar-refractivity contribution in [1.82, 2.24) is 9.78 Å². The molecule has 0 aliphatic carbocycles. The van der Waals surface area contributed by atoms with Crippen LogP contribution in [0.15, 0.2) is 12.3 Å². The highest BCUT2D eigenvalue weighted by Crippen LogP contribution is 2.09. The van der Waals surface area contributed by atoms with Gasteiger partial charge < -0.3 is 0 Å². The predicted molar refractivity (Wildman–Crippen MR) is 60.9 cm³/mol. The van der Waals surface area contributed by atoms with Crippen molar-refractivity contribution in [2.45, 2.75) is 45.4 Å². The maximum Gasteiger partial charge on any atom is 0.180 e. The van der Waals surface area contributed by atoms with Crippen molar-refractivity contribution in [3.8, 4) is 0 Å². The van der Waals surface area contributed by atoms with Gasteiger partial charge >= 0.3 is 0 Å². The van der Waals surface area contributed by atoms with Gasteiger partial charge in [0.15, 0.2) is 5.78 Å². The van der Waals surface area contributed by atoms with E-state index in [1.807, 2.05) is 7.05 Å². The monoisotopic (exact) mass is 208 g/mol. The molecule has 1 heterocycles. The molecule has 0 saturated carbocycles. The van der Waals surface area contributed by atoms with Crippen LogP contribution in [0.25, 0.3) is 0 Å². The first kappa shape index (κ1) is 12.0. The Bertz CT molecular complexity index is 304. The second-order valence-corrected chi connectivity index (χ2v) is 3.93. The standard InChI is InChI=1S/C12H20N2O/c1-3-4-5-6-7-8-12(15)11-9-10-13-14(11)2/h9-10H,3-8H2,1-2H3. The molecule has 15 heavy (non-hydrogen) atoms. The number of ketones is 1. The predicted octanol–water partition coefficient (Wildman–Crippen LogP) is 2.96. The molecule has 0 bridgehead atoms. The van der Waals surface area contributed by atoms with Crippen molar-refractivity contribution in [2.24, 2.45) is 7.05 Å². The van der Waals surface area contributed by atoms with E-state index in [0.717, 1.165) is 18.5 Å². The van der Waals surface area contributed by atoms with Gasteiger partial charge in [0.2, 0.25) is 0 Å². The minimum atomic E-state index is 0.214. The fourth-order valence-corrected chi connectivity index (χ4v) is 1.66. The van der Waals surface area contributed by atoms with Gasteiger partial charge in [-0.25, -0.2) is 0 Å². The minimum absolute atomic E-state index is 0.214. The van der Waals surface area contributed by atoms with Gasteiger partial charge in [0, 0.05) is 19.7 Å². The quantitative estimate of drug-likeness (QED) is 0.510. The minimum Gasteiger partial charge on any atom is -0.292 e. The average molecular weight is 208 g/mol. The van der Waals surface area contributed by atoms with Crippen LogP contribution in [0.5, 0.6) is 0 Å². The largest absolute Gasteiger partial charge is 0.292 e. The van der Waals surface area contributed by atoms with Crippen molar-refractivity contribution in [1.29, 1.82) is 0 Å². The molecule has 3 heteroatoms. The lowest BCUT2D eigenvalue weighted by Crippen LogP contribution is -2.06. The number of aromatic nitrogens is 2. The van der Waals surface area contributed by atoms with E-state index < -0.39 is 0 Å². The Morgan fingerprint density at radius 1 is 1.33 bits per heavy atom. The molecule has 0 unspecified atom stereocenters. The highest BCUT2D eigenvalue weighted by molar-refractivity contribution is 5.94. The van der Waals surface area contributed by atoms with E-state index in [0.29, 0.717) is 6.42 Å². The van der Waals surface area contributed by atoms with Crippen LogP contribution in [-0.2, 0) is 7.05 Å². The van der Waals surface area contributed by atoms with Crippen molar-refractivity contribution in [3.05, 3.63) is 18.0 Å². The van der Waals surface area contributed by atoms with E-state index in [-0.39, 0.29) is 5.78 Å². The van der Waals surface area contributed by atoms with Gasteiger partial charge in [-0.05, 0) is 12.5 Å². The first-order chi connectivity index (χ1) is 7.25. The van der Waals surface area contributed by atoms with Crippen molar-refractivity contribution in [2.75, 3.05) is 0 Å². The third-order valence-electron chi connectivity index (χ3n) is 2.61. The van der Waals surface area contributed by atoms with Crippen LogP contribution < -0.4 is 0 Å². The lowest BCUT2D eigenvalue weighted by molar-refractivity contribution is 0.0970. The van der Waals surface area contributed by atoms with E-state index in [1.54, 1.807) is 16.9 Å². The lowest BCUT2D eigenvalue weighted by atomic mass is 10.1. The molecule has 0 fully saturated rings. The fourth-order valence-electron chi connectivity index (χ4n) is 1.66. The highest BCUT2D eigenvalue weighted by atomic mass is 16.1. The van der Waals surface area contributed by atoms with Gasteiger partial charge in [-0.2, -0.15) is 5.10 Å². The number of unbranched alkanes of at least 4 members (excludes halogenated alkanes) is 4. The highest BCUT2D eigenvalue weighted by Gasteiger charge is 2.08. The molecule has 0 aromatic carbocycles. The smallest absolute Gasteiger partial charge is 0.180 e. The van der Waals surface area contributed by atoms with E-state index in [2.05, 4.69) is 12.0 Å². The summed E-state index contributed by atoms with van der Waals surface area (Å²) in [7, 11) is 1.81. The molecule has 1 aromatic rings. The summed E-state index contributed by atoms with van der Waals surface area (Å²) >= 11 is 0. The molecular weight excluding hydrogens is 188 g/mol. The molecule has 0 amide bonds. The van der Waals surface area contributed by atoms with Gasteiger partial charge in [-0.3, -0.25) is 9.48 Å². The Kier molecular flexibility index (Phi) is 5.08. The third kappa shape index (κ3) is 3.86. The molecule has 84 valence electrons. The molecule has 0 atom stereocenters. The number of nitrogens with zero attached hydrogens (tertiary/aromatic N) is 2. The third-order valence-corrected chi connectivity index (χ3v) is 2.61. The van der Waals surface area contributed by atoms with Crippen LogP contribution in [0.3, 0.4) is 0 Å². The number of carbonyl (C=O) groups excluding carboxylic acids is 1. The van der Waals surface area contributed by atoms with Crippen molar-refractivity contribution < 1.29 is 4.79 Å². The van der Waals surface area contributed by atoms with E-state index >= 15 is 0 Å². The zero-order valence-electron chi connectivity index (χ0n) is 9.70. The van der Waals surface area contributed by atoms with Crippen molar-refractivity contribution >= 4 is 5.78 Å². The average Bonchev–Trinajstić information content (AvgIpc) is 2.64. The number of hydrogen-bond acceptors (Lipinski definition) is 2. The molecular formula is C12H20N2O. The second kappa shape index (κ2) is 6.38. The number of hydrogen-bond donors (Lipinski definition) is 0. The number of aryl methyl sites for hydroxylation is 1. The molecule has 0 aliphatic heterocycles. The molecule has 0 radical (unpaired) electrons. The normalized spacial score (nSPS) is 10.5. The van der Waals surface area contributed by atoms with Crippen LogP contribution in [0.2, 0.25) is 0 Å². The molecule has 0 N–H and O–H groups in total. The van der Waals surface area contributed by atoms with Gasteiger partial charge in [0.1, 0.15) is 5.69 Å². The summed E-state index contributed by atoms with van der Waals surface area (Å²) in [5, 5.41) is 3.99. The molecule has 0 spiro atoms. The molecule has 3 nitrogen and oxygen atoms in total. The van der Waals surface area contributed by atoms with Crippen LogP contribution in [0, 0.1) is 0 Å². The van der Waals surface area contributed by atoms with Gasteiger partial charge in [-0.1, -0.05) is 32.6 Å². The van der Waals surface area contributed by atoms with Crippen LogP contribution in [0.1, 0.15) is 55.9 Å². The van der Waals surface area contributed by atoms with Crippen molar-refractivity contribution in [3.63, 3.8) is 0 Å². The van der Waals surface area contributed by atoms with E-state index in [1.165, 1.54) is 19.3 Å². The fraction of sp³-hybridized carbons (Fsp3) is 0.667. The summed E-state index contributed by atoms with van der Waals surface area (Å²) in [5.41, 5.74) is 0.727. The first-order valence-electron chi connectivity index (χ1n) is 5.77. The Balaban J connectivity index is 2.22. The maximum absolute atomic E-state index is 11.7. The number of Topliss-reactive ketones (excluding diaryl/α,β-unsaturated/α-hetero) is 1. The van der Waals surface area contributed by atoms with Crippen LogP contribution >= 0.6 is 0 Å². The lowest BCUT2D eigenvalue weighted by Gasteiger charge is -2.01. The Morgan fingerprint density at radius 2 is 2.07 bits per heavy atom. The zero-order chi connectivity index (χ0) is 11.1. The van der Waals surface area contributed by atoms with E-state index in [4.69, 9.17) is 0 Å². The second-order valence-electron chi connectivity index (χ2n) is 3.93. The molecule has 1 rings (SSSR count). The summed E-state index contributed by atoms with van der Waals surface area (Å²) in [6.07, 6.45) is 8.26. The molecule has 1 aromatic heterocycles. The summed E-state index contributed by atoms with van der Waals surface area (Å²) in [6.45, 7) is 2.20. The summed E-state index contributed by atoms with van der Waals surface area (Å²) in [6, 6.07) is 1.79. The van der Waals surface area contributed by atoms with Gasteiger partial charge in [0.05, 0.1) is 0 Å². The maximum atomic E-state index is 11.7. The van der Waals surface area contributed by atoms with Crippen LogP contribution in [0.4, 0.5) is 0 Å². The number of rotatable bonds is 7. The molecule has 0 saturated heterocycles. The summed E-state index contributed by atoms with van der Waals surface area (Å²) < 4.78 is 1.65. The van der Waals surface area contributed by atoms with Gasteiger partial charge in [0.25, 0.3) is 0 Å². The Hall–Kier alpha value is -1.12. The number of carbonyl (C=O) groups is 1. The van der Waals surface area contributed by atoms with E-state index in [9.17, 15) is 4.79 Å². The topological polar surface area (TPSA) is 34.9 Å². The van der Waals surface area contributed by atoms with Gasteiger partial charge in [-0.15, -0.1) is 0 Å². The summed E-state index contributed by atoms with van der Waals surface area (Å²) in [5.74, 6) is 0.214. The Morgan fingerprint density at radius 3 is 2.67 bits per heavy atom. The first-order valence-corrected chi connectivity index (χ1v) is 5.77. The zero-order valence-corrected chi connectivity index (χ0v) is 9.70.